The zero-order valence-electron chi connectivity index (χ0n) is 17.7. The van der Waals surface area contributed by atoms with E-state index >= 15 is 0 Å². The molecule has 7 nitrogen and oxygen atoms in total. The molecule has 2 amide bonds. The van der Waals surface area contributed by atoms with Crippen LogP contribution < -0.4 is 5.32 Å². The third kappa shape index (κ3) is 4.55. The van der Waals surface area contributed by atoms with Gasteiger partial charge < -0.3 is 19.4 Å². The third-order valence-corrected chi connectivity index (χ3v) is 5.63. The number of allylic oxidation sites excluding steroid dienone is 1. The number of hydrogen-bond donors (Lipinski definition) is 1. The number of nitrogens with zero attached hydrogens (tertiary/aromatic N) is 1. The molecular weight excluding hydrogens is 396 g/mol. The van der Waals surface area contributed by atoms with Crippen molar-refractivity contribution in [1.29, 1.82) is 0 Å². The van der Waals surface area contributed by atoms with Crippen molar-refractivity contribution in [2.45, 2.75) is 51.6 Å². The van der Waals surface area contributed by atoms with E-state index in [1.807, 2.05) is 30.3 Å². The van der Waals surface area contributed by atoms with Crippen molar-refractivity contribution in [1.82, 2.24) is 10.2 Å². The summed E-state index contributed by atoms with van der Waals surface area (Å²) in [6, 6.07) is 13.0. The first-order valence-electron chi connectivity index (χ1n) is 10.6. The molecule has 1 saturated carbocycles. The van der Waals surface area contributed by atoms with Crippen LogP contribution in [0.15, 0.2) is 58.2 Å². The van der Waals surface area contributed by atoms with E-state index in [9.17, 15) is 14.4 Å². The van der Waals surface area contributed by atoms with Crippen LogP contribution in [0.5, 0.6) is 0 Å². The first-order valence-corrected chi connectivity index (χ1v) is 10.6. The number of esters is 1. The minimum Gasteiger partial charge on any atom is -0.463 e. The number of benzene rings is 1. The van der Waals surface area contributed by atoms with E-state index < -0.39 is 5.97 Å². The van der Waals surface area contributed by atoms with Crippen LogP contribution in [-0.2, 0) is 20.9 Å². The van der Waals surface area contributed by atoms with Gasteiger partial charge in [-0.3, -0.25) is 9.59 Å². The zero-order valence-corrected chi connectivity index (χ0v) is 17.7. The zero-order chi connectivity index (χ0) is 22.0. The minimum atomic E-state index is -0.421. The molecule has 7 heteroatoms. The van der Waals surface area contributed by atoms with Crippen LogP contribution in [0.1, 0.15) is 60.9 Å². The monoisotopic (exact) mass is 422 g/mol. The first-order chi connectivity index (χ1) is 15.0. The molecule has 162 valence electrons. The number of carbonyl (C=O) groups is 3. The highest BCUT2D eigenvalue weighted by atomic mass is 16.5. The van der Waals surface area contributed by atoms with Gasteiger partial charge in [-0.2, -0.15) is 0 Å². The van der Waals surface area contributed by atoms with Crippen LogP contribution in [-0.4, -0.2) is 35.3 Å². The lowest BCUT2D eigenvalue weighted by atomic mass is 9.83. The van der Waals surface area contributed by atoms with Crippen molar-refractivity contribution in [3.8, 4) is 0 Å². The number of ether oxygens (including phenoxy) is 1. The summed E-state index contributed by atoms with van der Waals surface area (Å²) in [6.07, 6.45) is 2.14. The molecular formula is C24H26N2O5. The second kappa shape index (κ2) is 8.79. The highest BCUT2D eigenvalue weighted by Crippen LogP contribution is 2.37. The van der Waals surface area contributed by atoms with Gasteiger partial charge in [-0.15, -0.1) is 0 Å². The molecule has 0 bridgehead atoms. The number of nitrogens with one attached hydrogen (secondary N) is 1. The van der Waals surface area contributed by atoms with E-state index in [-0.39, 0.29) is 49.1 Å². The summed E-state index contributed by atoms with van der Waals surface area (Å²) in [6.45, 7) is 3.91. The Balaban J connectivity index is 1.60. The highest BCUT2D eigenvalue weighted by Gasteiger charge is 2.37. The van der Waals surface area contributed by atoms with Crippen molar-refractivity contribution in [2.75, 3.05) is 6.61 Å². The van der Waals surface area contributed by atoms with Gasteiger partial charge in [0.25, 0.3) is 5.91 Å². The van der Waals surface area contributed by atoms with Crippen LogP contribution >= 0.6 is 0 Å². The first kappa shape index (κ1) is 20.9. The minimum absolute atomic E-state index is 0.111. The number of amides is 2. The topological polar surface area (TPSA) is 88.8 Å². The molecule has 31 heavy (non-hydrogen) atoms. The SMILES string of the molecule is CCOC(=O)C1=C(C)N(Cc2ccc(C(=O)NC3CC3)o2)C(=O)C[C@H]1c1ccccc1. The van der Waals surface area contributed by atoms with Gasteiger partial charge in [0.05, 0.1) is 18.7 Å². The van der Waals surface area contributed by atoms with E-state index in [0.717, 1.165) is 18.4 Å². The summed E-state index contributed by atoms with van der Waals surface area (Å²) in [5.74, 6) is -0.436. The predicted molar refractivity (Wildman–Crippen MR) is 113 cm³/mol. The molecule has 1 fully saturated rings. The summed E-state index contributed by atoms with van der Waals surface area (Å²) < 4.78 is 11.0. The lowest BCUT2D eigenvalue weighted by Gasteiger charge is -2.34. The molecule has 1 aromatic carbocycles. The van der Waals surface area contributed by atoms with E-state index in [2.05, 4.69) is 5.32 Å². The standard InChI is InChI=1S/C24H26N2O5/c1-3-30-24(29)22-15(2)26(21(27)13-19(22)16-7-5-4-6-8-16)14-18-11-12-20(31-18)23(28)25-17-9-10-17/h4-8,11-12,17,19H,3,9-10,13-14H2,1-2H3,(H,25,28)/t19-/m0/s1. The molecule has 1 aliphatic carbocycles. The fourth-order valence-electron chi connectivity index (χ4n) is 3.87. The maximum atomic E-state index is 13.0. The lowest BCUT2D eigenvalue weighted by Crippen LogP contribution is -2.38. The molecule has 4 rings (SSSR count). The molecule has 0 saturated heterocycles. The fourth-order valence-corrected chi connectivity index (χ4v) is 3.87. The summed E-state index contributed by atoms with van der Waals surface area (Å²) in [5, 5.41) is 2.88. The Labute approximate surface area is 181 Å². The number of furan rings is 1. The Bertz CT molecular complexity index is 1020. The summed E-state index contributed by atoms with van der Waals surface area (Å²) in [7, 11) is 0. The molecule has 2 heterocycles. The predicted octanol–water partition coefficient (Wildman–Crippen LogP) is 3.53. The van der Waals surface area contributed by atoms with Crippen molar-refractivity contribution < 1.29 is 23.5 Å². The smallest absolute Gasteiger partial charge is 0.336 e. The van der Waals surface area contributed by atoms with Crippen LogP contribution in [0.3, 0.4) is 0 Å². The van der Waals surface area contributed by atoms with Crippen LogP contribution in [0, 0.1) is 0 Å². The van der Waals surface area contributed by atoms with Gasteiger partial charge in [-0.1, -0.05) is 30.3 Å². The van der Waals surface area contributed by atoms with Gasteiger partial charge >= 0.3 is 5.97 Å². The Morgan fingerprint density at radius 3 is 2.58 bits per heavy atom. The van der Waals surface area contributed by atoms with Gasteiger partial charge in [-0.25, -0.2) is 4.79 Å². The highest BCUT2D eigenvalue weighted by molar-refractivity contribution is 5.96. The van der Waals surface area contributed by atoms with Crippen LogP contribution in [0.25, 0.3) is 0 Å². The quantitative estimate of drug-likeness (QED) is 0.690. The van der Waals surface area contributed by atoms with Gasteiger partial charge in [0.15, 0.2) is 5.76 Å². The second-order valence-electron chi connectivity index (χ2n) is 7.88. The Morgan fingerprint density at radius 1 is 1.16 bits per heavy atom. The molecule has 1 aliphatic heterocycles. The number of carbonyl (C=O) groups excluding carboxylic acids is 3. The van der Waals surface area contributed by atoms with E-state index in [1.165, 1.54) is 4.90 Å². The summed E-state index contributed by atoms with van der Waals surface area (Å²) in [5.41, 5.74) is 1.92. The van der Waals surface area contributed by atoms with E-state index in [4.69, 9.17) is 9.15 Å². The third-order valence-electron chi connectivity index (χ3n) is 5.63. The van der Waals surface area contributed by atoms with Crippen LogP contribution in [0.4, 0.5) is 0 Å². The van der Waals surface area contributed by atoms with E-state index in [0.29, 0.717) is 17.0 Å². The van der Waals surface area contributed by atoms with Crippen molar-refractivity contribution in [3.63, 3.8) is 0 Å². The maximum absolute atomic E-state index is 13.0. The van der Waals surface area contributed by atoms with Gasteiger partial charge in [0, 0.05) is 24.1 Å². The van der Waals surface area contributed by atoms with E-state index in [1.54, 1.807) is 26.0 Å². The fraction of sp³-hybridized carbons (Fsp3) is 0.375. The summed E-state index contributed by atoms with van der Waals surface area (Å²) in [4.78, 5) is 39.6. The molecule has 1 aromatic heterocycles. The van der Waals surface area contributed by atoms with Crippen molar-refractivity contribution >= 4 is 17.8 Å². The lowest BCUT2D eigenvalue weighted by molar-refractivity contribution is -0.140. The molecule has 2 aliphatic rings. The van der Waals surface area contributed by atoms with Crippen molar-refractivity contribution in [2.24, 2.45) is 0 Å². The number of rotatable bonds is 7. The normalized spacial score (nSPS) is 18.8. The molecule has 0 radical (unpaired) electrons. The Morgan fingerprint density at radius 2 is 1.90 bits per heavy atom. The van der Waals surface area contributed by atoms with Gasteiger partial charge in [0.2, 0.25) is 5.91 Å². The number of hydrogen-bond acceptors (Lipinski definition) is 5. The van der Waals surface area contributed by atoms with Gasteiger partial charge in [-0.05, 0) is 44.4 Å². The molecule has 1 N–H and O–H groups in total. The largest absolute Gasteiger partial charge is 0.463 e. The maximum Gasteiger partial charge on any atom is 0.336 e. The Kier molecular flexibility index (Phi) is 5.93. The van der Waals surface area contributed by atoms with Crippen LogP contribution in [0.2, 0.25) is 0 Å². The molecule has 0 unspecified atom stereocenters. The summed E-state index contributed by atoms with van der Waals surface area (Å²) >= 11 is 0. The average Bonchev–Trinajstić information content (AvgIpc) is 3.44. The second-order valence-corrected chi connectivity index (χ2v) is 7.88. The average molecular weight is 422 g/mol. The van der Waals surface area contributed by atoms with Gasteiger partial charge in [0.1, 0.15) is 5.76 Å². The molecule has 2 aromatic rings. The van der Waals surface area contributed by atoms with Crippen molar-refractivity contribution in [3.05, 3.63) is 70.8 Å². The Hall–Kier alpha value is -3.35. The molecule has 0 spiro atoms. The molecule has 1 atom stereocenters.